The number of benzene rings is 1. The molecule has 2 aliphatic heterocycles. The van der Waals surface area contributed by atoms with Crippen molar-refractivity contribution in [2.75, 3.05) is 5.75 Å². The Bertz CT molecular complexity index is 1090. The first kappa shape index (κ1) is 26.0. The largest absolute Gasteiger partial charge is 0.477 e. The maximum absolute atomic E-state index is 13.0. The number of thioether (sulfide) groups is 1. The molecule has 2 heterocycles. The highest BCUT2D eigenvalue weighted by Crippen LogP contribution is 2.52. The molecule has 3 atom stereocenters. The van der Waals surface area contributed by atoms with Crippen LogP contribution >= 0.6 is 11.8 Å². The van der Waals surface area contributed by atoms with Crippen LogP contribution in [0.25, 0.3) is 0 Å². The van der Waals surface area contributed by atoms with Gasteiger partial charge in [-0.1, -0.05) is 32.9 Å². The molecule has 2 aliphatic rings. The molecule has 0 aromatic heterocycles. The van der Waals surface area contributed by atoms with Crippen LogP contribution in [0.3, 0.4) is 0 Å². The molecule has 33 heavy (non-hydrogen) atoms. The highest BCUT2D eigenvalue weighted by Gasteiger charge is 2.59. The number of nitrogens with zero attached hydrogens (tertiary/aromatic N) is 1. The Balaban J connectivity index is 1.83. The number of amides is 1. The summed E-state index contributed by atoms with van der Waals surface area (Å²) in [6.07, 6.45) is -0.413. The number of β-lactam (4-membered cyclic amide) rings is 1. The molecule has 0 radical (unpaired) electrons. The molecule has 0 saturated carbocycles. The third-order valence-corrected chi connectivity index (χ3v) is 14.4. The molecule has 1 aromatic carbocycles. The number of hydrogen-bond acceptors (Lipinski definition) is 7. The molecule has 1 fully saturated rings. The standard InChI is InChI=1S/C22H31NO7S2Si/c1-13(30-33(5,6)22(2,3)4)17-19(25)23-18(21(26)27)16(31-20(17)23)12-32(28,29)15-9-7-14(11-24)8-10-15/h7-10,13,17,20,24H,11-12H2,1-6H3,(H,26,27)/t13-,17+,20-/m1/s1. The zero-order valence-corrected chi connectivity index (χ0v) is 22.3. The highest BCUT2D eigenvalue weighted by molar-refractivity contribution is 8.05. The monoisotopic (exact) mass is 513 g/mol. The summed E-state index contributed by atoms with van der Waals surface area (Å²) in [5.41, 5.74) is 0.310. The van der Waals surface area contributed by atoms with E-state index in [1.165, 1.54) is 29.2 Å². The summed E-state index contributed by atoms with van der Waals surface area (Å²) >= 11 is 1.12. The summed E-state index contributed by atoms with van der Waals surface area (Å²) in [4.78, 5) is 26.3. The van der Waals surface area contributed by atoms with Crippen molar-refractivity contribution >= 4 is 41.8 Å². The number of carbonyl (C=O) groups excluding carboxylic acids is 1. The summed E-state index contributed by atoms with van der Waals surface area (Å²) in [5.74, 6) is -2.73. The van der Waals surface area contributed by atoms with Gasteiger partial charge in [-0.25, -0.2) is 13.2 Å². The van der Waals surface area contributed by atoms with E-state index in [0.29, 0.717) is 5.56 Å². The molecule has 8 nitrogen and oxygen atoms in total. The van der Waals surface area contributed by atoms with E-state index in [1.54, 1.807) is 0 Å². The highest BCUT2D eigenvalue weighted by atomic mass is 32.2. The Hall–Kier alpha value is -1.66. The van der Waals surface area contributed by atoms with Gasteiger partial charge in [-0.15, -0.1) is 11.8 Å². The molecule has 1 saturated heterocycles. The lowest BCUT2D eigenvalue weighted by molar-refractivity contribution is -0.156. The van der Waals surface area contributed by atoms with Crippen LogP contribution in [-0.2, 0) is 30.5 Å². The number of hydrogen-bond donors (Lipinski definition) is 2. The van der Waals surface area contributed by atoms with Gasteiger partial charge < -0.3 is 14.6 Å². The van der Waals surface area contributed by atoms with Crippen molar-refractivity contribution in [1.82, 2.24) is 4.90 Å². The van der Waals surface area contributed by atoms with Gasteiger partial charge in [0.05, 0.1) is 29.3 Å². The van der Waals surface area contributed by atoms with Gasteiger partial charge in [0.2, 0.25) is 5.91 Å². The Morgan fingerprint density at radius 1 is 1.24 bits per heavy atom. The lowest BCUT2D eigenvalue weighted by Gasteiger charge is -2.48. The van der Waals surface area contributed by atoms with Crippen LogP contribution in [0.15, 0.2) is 39.8 Å². The Kier molecular flexibility index (Phi) is 6.95. The van der Waals surface area contributed by atoms with Crippen molar-refractivity contribution in [2.45, 2.75) is 68.8 Å². The van der Waals surface area contributed by atoms with Crippen LogP contribution < -0.4 is 0 Å². The van der Waals surface area contributed by atoms with Crippen molar-refractivity contribution in [3.8, 4) is 0 Å². The smallest absolute Gasteiger partial charge is 0.353 e. The molecular formula is C22H31NO7S2Si. The third-order valence-electron chi connectivity index (χ3n) is 6.63. The number of carboxylic acids is 1. The van der Waals surface area contributed by atoms with Crippen LogP contribution in [0.5, 0.6) is 0 Å². The summed E-state index contributed by atoms with van der Waals surface area (Å²) < 4.78 is 32.3. The number of carboxylic acid groups (broad SMARTS) is 1. The minimum absolute atomic E-state index is 0.0318. The van der Waals surface area contributed by atoms with Gasteiger partial charge in [0, 0.05) is 4.91 Å². The summed E-state index contributed by atoms with van der Waals surface area (Å²) in [6.45, 7) is 12.1. The van der Waals surface area contributed by atoms with E-state index in [9.17, 15) is 23.1 Å². The molecular weight excluding hydrogens is 482 g/mol. The van der Waals surface area contributed by atoms with Crippen LogP contribution in [-0.4, -0.2) is 61.0 Å². The maximum Gasteiger partial charge on any atom is 0.353 e. The van der Waals surface area contributed by atoms with E-state index in [2.05, 4.69) is 33.9 Å². The minimum atomic E-state index is -3.84. The van der Waals surface area contributed by atoms with Crippen molar-refractivity contribution < 1.29 is 32.6 Å². The normalized spacial score (nSPS) is 22.3. The Labute approximate surface area is 200 Å². The molecule has 182 valence electrons. The lowest BCUT2D eigenvalue weighted by atomic mass is 9.92. The molecule has 0 spiro atoms. The van der Waals surface area contributed by atoms with Crippen LogP contribution in [0, 0.1) is 5.92 Å². The van der Waals surface area contributed by atoms with E-state index in [-0.39, 0.29) is 33.0 Å². The van der Waals surface area contributed by atoms with Crippen molar-refractivity contribution in [3.05, 3.63) is 40.4 Å². The fourth-order valence-corrected chi connectivity index (χ4v) is 8.47. The zero-order valence-electron chi connectivity index (χ0n) is 19.7. The van der Waals surface area contributed by atoms with Gasteiger partial charge in [0.1, 0.15) is 11.1 Å². The Morgan fingerprint density at radius 2 is 1.82 bits per heavy atom. The number of aliphatic carboxylic acids is 1. The predicted molar refractivity (Wildman–Crippen MR) is 129 cm³/mol. The quantitative estimate of drug-likeness (QED) is 0.402. The number of aliphatic hydroxyl groups is 1. The van der Waals surface area contributed by atoms with E-state index >= 15 is 0 Å². The molecule has 0 aliphatic carbocycles. The van der Waals surface area contributed by atoms with E-state index in [1.807, 2.05) is 6.92 Å². The molecule has 11 heteroatoms. The van der Waals surface area contributed by atoms with Gasteiger partial charge in [-0.3, -0.25) is 9.69 Å². The number of carbonyl (C=O) groups is 2. The average molecular weight is 514 g/mol. The number of rotatable bonds is 8. The molecule has 1 aromatic rings. The summed E-state index contributed by atoms with van der Waals surface area (Å²) in [5, 5.41) is 18.4. The molecule has 2 N–H and O–H groups in total. The van der Waals surface area contributed by atoms with Crippen LogP contribution in [0.2, 0.25) is 18.1 Å². The molecule has 1 amide bonds. The summed E-state index contributed by atoms with van der Waals surface area (Å²) in [6, 6.07) is 5.79. The zero-order chi connectivity index (χ0) is 24.9. The van der Waals surface area contributed by atoms with Crippen molar-refractivity contribution in [3.63, 3.8) is 0 Å². The first-order chi connectivity index (χ1) is 15.1. The van der Waals surface area contributed by atoms with E-state index in [0.717, 1.165) is 11.8 Å². The maximum atomic E-state index is 13.0. The first-order valence-electron chi connectivity index (χ1n) is 10.7. The van der Waals surface area contributed by atoms with E-state index < -0.39 is 47.3 Å². The molecule has 0 bridgehead atoms. The average Bonchev–Trinajstić information content (AvgIpc) is 3.00. The van der Waals surface area contributed by atoms with Crippen molar-refractivity contribution in [2.24, 2.45) is 5.92 Å². The van der Waals surface area contributed by atoms with Gasteiger partial charge >= 0.3 is 5.97 Å². The minimum Gasteiger partial charge on any atom is -0.477 e. The SMILES string of the molecule is C[C@@H](O[Si](C)(C)C(C)(C)C)[C@H]1C(=O)N2C(C(=O)O)=C(CS(=O)(=O)c3ccc(CO)cc3)S[C@H]12. The van der Waals surface area contributed by atoms with Gasteiger partial charge in [-0.2, -0.15) is 0 Å². The van der Waals surface area contributed by atoms with Gasteiger partial charge in [-0.05, 0) is 42.8 Å². The Morgan fingerprint density at radius 3 is 2.30 bits per heavy atom. The lowest BCUT2D eigenvalue weighted by Crippen LogP contribution is -2.62. The van der Waals surface area contributed by atoms with Crippen LogP contribution in [0.4, 0.5) is 0 Å². The van der Waals surface area contributed by atoms with E-state index in [4.69, 9.17) is 9.53 Å². The second-order valence-corrected chi connectivity index (χ2v) is 17.9. The fourth-order valence-electron chi connectivity index (χ4n) is 3.72. The summed E-state index contributed by atoms with van der Waals surface area (Å²) in [7, 11) is -6.00. The second kappa shape index (κ2) is 8.84. The number of sulfone groups is 1. The second-order valence-electron chi connectivity index (χ2n) is 9.96. The number of aliphatic hydroxyl groups excluding tert-OH is 1. The van der Waals surface area contributed by atoms with Crippen LogP contribution in [0.1, 0.15) is 33.3 Å². The topological polar surface area (TPSA) is 121 Å². The molecule has 3 rings (SSSR count). The number of fused-ring (bicyclic) bond motifs is 1. The first-order valence-corrected chi connectivity index (χ1v) is 16.1. The van der Waals surface area contributed by atoms with Gasteiger partial charge in [0.15, 0.2) is 18.2 Å². The third kappa shape index (κ3) is 4.79. The van der Waals surface area contributed by atoms with Crippen molar-refractivity contribution in [1.29, 1.82) is 0 Å². The van der Waals surface area contributed by atoms with Gasteiger partial charge in [0.25, 0.3) is 0 Å². The predicted octanol–water partition coefficient (Wildman–Crippen LogP) is 3.19. The molecule has 0 unspecified atom stereocenters. The fraction of sp³-hybridized carbons (Fsp3) is 0.545.